The maximum Gasteiger partial charge on any atom is 0.322 e. The summed E-state index contributed by atoms with van der Waals surface area (Å²) in [5.74, 6) is -5.00. The minimum atomic E-state index is -1.40. The number of hydrogen-bond acceptors (Lipinski definition) is 3. The van der Waals surface area contributed by atoms with Gasteiger partial charge in [-0.2, -0.15) is 0 Å². The standard InChI is InChI=1S/C9H8F2N2O3/c10-4-1-2-5(12)7(8(4)11)9(16)13-3-6(14)15/h1-2H,3,12H2,(H,13,16)(H,14,15). The van der Waals surface area contributed by atoms with Gasteiger partial charge in [0.1, 0.15) is 12.1 Å². The molecule has 0 aromatic heterocycles. The van der Waals surface area contributed by atoms with E-state index >= 15 is 0 Å². The number of carbonyl (C=O) groups is 2. The molecule has 0 heterocycles. The van der Waals surface area contributed by atoms with Crippen LogP contribution in [0.4, 0.5) is 14.5 Å². The average Bonchev–Trinajstić information content (AvgIpc) is 2.21. The molecule has 0 fully saturated rings. The van der Waals surface area contributed by atoms with E-state index in [9.17, 15) is 18.4 Å². The number of anilines is 1. The zero-order valence-electron chi connectivity index (χ0n) is 7.96. The number of rotatable bonds is 3. The smallest absolute Gasteiger partial charge is 0.322 e. The van der Waals surface area contributed by atoms with E-state index in [4.69, 9.17) is 10.8 Å². The van der Waals surface area contributed by atoms with Gasteiger partial charge >= 0.3 is 5.97 Å². The highest BCUT2D eigenvalue weighted by atomic mass is 19.2. The number of aliphatic carboxylic acids is 1. The van der Waals surface area contributed by atoms with Gasteiger partial charge < -0.3 is 16.2 Å². The number of carboxylic acid groups (broad SMARTS) is 1. The summed E-state index contributed by atoms with van der Waals surface area (Å²) in [5.41, 5.74) is 4.33. The summed E-state index contributed by atoms with van der Waals surface area (Å²) in [7, 11) is 0. The molecule has 1 aromatic carbocycles. The maximum atomic E-state index is 13.2. The van der Waals surface area contributed by atoms with Crippen molar-refractivity contribution < 1.29 is 23.5 Å². The van der Waals surface area contributed by atoms with Crippen molar-refractivity contribution in [1.29, 1.82) is 0 Å². The highest BCUT2D eigenvalue weighted by molar-refractivity contribution is 6.00. The van der Waals surface area contributed by atoms with Crippen molar-refractivity contribution in [3.63, 3.8) is 0 Å². The third-order valence-electron chi connectivity index (χ3n) is 1.75. The number of carboxylic acids is 1. The van der Waals surface area contributed by atoms with Crippen LogP contribution >= 0.6 is 0 Å². The van der Waals surface area contributed by atoms with Crippen LogP contribution in [0.5, 0.6) is 0 Å². The van der Waals surface area contributed by atoms with E-state index in [-0.39, 0.29) is 5.69 Å². The van der Waals surface area contributed by atoms with Gasteiger partial charge in [0.15, 0.2) is 11.6 Å². The summed E-state index contributed by atoms with van der Waals surface area (Å²) in [6.07, 6.45) is 0. The Hall–Kier alpha value is -2.18. The highest BCUT2D eigenvalue weighted by Crippen LogP contribution is 2.18. The van der Waals surface area contributed by atoms with Crippen LogP contribution in [0.3, 0.4) is 0 Å². The zero-order chi connectivity index (χ0) is 12.3. The van der Waals surface area contributed by atoms with Crippen molar-refractivity contribution in [1.82, 2.24) is 5.32 Å². The maximum absolute atomic E-state index is 13.2. The first kappa shape index (κ1) is 11.9. The van der Waals surface area contributed by atoms with Gasteiger partial charge in [0.05, 0.1) is 0 Å². The summed E-state index contributed by atoms with van der Waals surface area (Å²) in [5, 5.41) is 10.2. The van der Waals surface area contributed by atoms with E-state index in [1.54, 1.807) is 0 Å². The van der Waals surface area contributed by atoms with Gasteiger partial charge in [0, 0.05) is 5.69 Å². The molecule has 7 heteroatoms. The van der Waals surface area contributed by atoms with Gasteiger partial charge in [-0.25, -0.2) is 8.78 Å². The lowest BCUT2D eigenvalue weighted by Gasteiger charge is -2.07. The van der Waals surface area contributed by atoms with Crippen LogP contribution in [-0.4, -0.2) is 23.5 Å². The van der Waals surface area contributed by atoms with Crippen molar-refractivity contribution in [2.24, 2.45) is 0 Å². The number of benzene rings is 1. The fraction of sp³-hybridized carbons (Fsp3) is 0.111. The number of nitrogens with one attached hydrogen (secondary N) is 1. The Morgan fingerprint density at radius 1 is 1.38 bits per heavy atom. The fourth-order valence-corrected chi connectivity index (χ4v) is 1.04. The molecule has 16 heavy (non-hydrogen) atoms. The molecule has 4 N–H and O–H groups in total. The van der Waals surface area contributed by atoms with Gasteiger partial charge in [-0.3, -0.25) is 9.59 Å². The zero-order valence-corrected chi connectivity index (χ0v) is 7.96. The minimum absolute atomic E-state index is 0.262. The first-order chi connectivity index (χ1) is 7.43. The molecule has 0 aliphatic carbocycles. The molecule has 0 unspecified atom stereocenters. The van der Waals surface area contributed by atoms with Crippen LogP contribution in [0.2, 0.25) is 0 Å². The number of halogens is 2. The monoisotopic (exact) mass is 230 g/mol. The van der Waals surface area contributed by atoms with Crippen LogP contribution in [0, 0.1) is 11.6 Å². The van der Waals surface area contributed by atoms with Crippen molar-refractivity contribution >= 4 is 17.6 Å². The third-order valence-corrected chi connectivity index (χ3v) is 1.75. The summed E-state index contributed by atoms with van der Waals surface area (Å²) >= 11 is 0. The predicted molar refractivity (Wildman–Crippen MR) is 50.7 cm³/mol. The summed E-state index contributed by atoms with van der Waals surface area (Å²) in [4.78, 5) is 21.4. The second-order valence-electron chi connectivity index (χ2n) is 2.90. The van der Waals surface area contributed by atoms with Crippen LogP contribution in [0.15, 0.2) is 12.1 Å². The summed E-state index contributed by atoms with van der Waals surface area (Å²) in [6.45, 7) is -0.700. The molecule has 1 amide bonds. The van der Waals surface area contributed by atoms with Crippen molar-refractivity contribution in [3.05, 3.63) is 29.3 Å². The van der Waals surface area contributed by atoms with Gasteiger partial charge in [-0.1, -0.05) is 0 Å². The molecule has 0 atom stereocenters. The van der Waals surface area contributed by atoms with Crippen LogP contribution in [0.1, 0.15) is 10.4 Å². The number of amides is 1. The second-order valence-corrected chi connectivity index (χ2v) is 2.90. The molecule has 5 nitrogen and oxygen atoms in total. The largest absolute Gasteiger partial charge is 0.480 e. The second kappa shape index (κ2) is 4.56. The Kier molecular flexibility index (Phi) is 3.39. The predicted octanol–water partition coefficient (Wildman–Crippen LogP) is 0.361. The number of nitrogen functional groups attached to an aromatic ring is 1. The number of nitrogens with two attached hydrogens (primary N) is 1. The first-order valence-corrected chi connectivity index (χ1v) is 4.17. The minimum Gasteiger partial charge on any atom is -0.480 e. The lowest BCUT2D eigenvalue weighted by molar-refractivity contribution is -0.135. The molecular weight excluding hydrogens is 222 g/mol. The van der Waals surface area contributed by atoms with Gasteiger partial charge in [-0.05, 0) is 12.1 Å². The Bertz CT molecular complexity index is 449. The Labute approximate surface area is 88.9 Å². The Balaban J connectivity index is 2.99. The molecule has 0 bridgehead atoms. The normalized spacial score (nSPS) is 9.88. The molecule has 0 radical (unpaired) electrons. The molecule has 0 saturated carbocycles. The van der Waals surface area contributed by atoms with Gasteiger partial charge in [-0.15, -0.1) is 0 Å². The van der Waals surface area contributed by atoms with Crippen molar-refractivity contribution in [2.75, 3.05) is 12.3 Å². The molecule has 1 rings (SSSR count). The molecule has 0 aliphatic rings. The van der Waals surface area contributed by atoms with Crippen LogP contribution in [-0.2, 0) is 4.79 Å². The number of hydrogen-bond donors (Lipinski definition) is 3. The van der Waals surface area contributed by atoms with E-state index < -0.39 is 35.6 Å². The highest BCUT2D eigenvalue weighted by Gasteiger charge is 2.19. The lowest BCUT2D eigenvalue weighted by atomic mass is 10.1. The van der Waals surface area contributed by atoms with Crippen LogP contribution < -0.4 is 11.1 Å². The average molecular weight is 230 g/mol. The SMILES string of the molecule is Nc1ccc(F)c(F)c1C(=O)NCC(=O)O. The van der Waals surface area contributed by atoms with E-state index in [1.165, 1.54) is 0 Å². The van der Waals surface area contributed by atoms with Gasteiger partial charge in [0.25, 0.3) is 5.91 Å². The van der Waals surface area contributed by atoms with Gasteiger partial charge in [0.2, 0.25) is 0 Å². The molecular formula is C9H8F2N2O3. The molecule has 86 valence electrons. The molecule has 0 aliphatic heterocycles. The quantitative estimate of drug-likeness (QED) is 0.654. The van der Waals surface area contributed by atoms with Crippen LogP contribution in [0.25, 0.3) is 0 Å². The third kappa shape index (κ3) is 2.44. The number of carbonyl (C=O) groups excluding carboxylic acids is 1. The van der Waals surface area contributed by atoms with E-state index in [2.05, 4.69) is 0 Å². The first-order valence-electron chi connectivity index (χ1n) is 4.17. The Morgan fingerprint density at radius 3 is 2.56 bits per heavy atom. The fourth-order valence-electron chi connectivity index (χ4n) is 1.04. The summed E-state index contributed by atoms with van der Waals surface area (Å²) in [6, 6.07) is 1.80. The molecule has 0 saturated heterocycles. The van der Waals surface area contributed by atoms with Crippen molar-refractivity contribution in [2.45, 2.75) is 0 Å². The Morgan fingerprint density at radius 2 is 2.00 bits per heavy atom. The van der Waals surface area contributed by atoms with E-state index in [0.717, 1.165) is 12.1 Å². The molecule has 0 spiro atoms. The topological polar surface area (TPSA) is 92.4 Å². The summed E-state index contributed by atoms with van der Waals surface area (Å²) < 4.78 is 26.0. The van der Waals surface area contributed by atoms with Crippen molar-refractivity contribution in [3.8, 4) is 0 Å². The van der Waals surface area contributed by atoms with E-state index in [0.29, 0.717) is 0 Å². The van der Waals surface area contributed by atoms with E-state index in [1.807, 2.05) is 5.32 Å². The molecule has 1 aromatic rings. The lowest BCUT2D eigenvalue weighted by Crippen LogP contribution is -2.30.